The molecule has 0 bridgehead atoms. The maximum atomic E-state index is 11.6. The topological polar surface area (TPSA) is 175 Å². The molecule has 2 aliphatic heterocycles. The van der Waals surface area contributed by atoms with Crippen LogP contribution in [0.1, 0.15) is 156 Å². The predicted molar refractivity (Wildman–Crippen MR) is 179 cm³/mol. The second kappa shape index (κ2) is 24.3. The van der Waals surface area contributed by atoms with Crippen molar-refractivity contribution >= 4 is 5.97 Å². The van der Waals surface area contributed by atoms with Gasteiger partial charge in [0, 0.05) is 0 Å². The summed E-state index contributed by atoms with van der Waals surface area (Å²) < 4.78 is 23.1. The van der Waals surface area contributed by atoms with Gasteiger partial charge in [0.1, 0.15) is 36.6 Å². The summed E-state index contributed by atoms with van der Waals surface area (Å²) in [7, 11) is 0. The minimum absolute atomic E-state index is 0.275. The third-order valence-electron chi connectivity index (χ3n) is 9.74. The highest BCUT2D eigenvalue weighted by molar-refractivity contribution is 5.67. The van der Waals surface area contributed by atoms with Gasteiger partial charge in [-0.25, -0.2) is 0 Å². The first-order valence-corrected chi connectivity index (χ1v) is 18.8. The largest absolute Gasteiger partial charge is 0.481 e. The summed E-state index contributed by atoms with van der Waals surface area (Å²) in [6.45, 7) is 5.32. The van der Waals surface area contributed by atoms with Crippen molar-refractivity contribution in [2.45, 2.75) is 223 Å². The number of aliphatic hydroxyl groups is 5. The Morgan fingerprint density at radius 3 is 1.43 bits per heavy atom. The Bertz CT molecular complexity index is 801. The molecule has 2 rings (SSSR count). The molecule has 0 aromatic heterocycles. The summed E-state index contributed by atoms with van der Waals surface area (Å²) in [5, 5.41) is 61.3. The highest BCUT2D eigenvalue weighted by atomic mass is 16.8. The van der Waals surface area contributed by atoms with Crippen LogP contribution in [0.15, 0.2) is 0 Å². The second-order valence-electron chi connectivity index (χ2n) is 14.0. The smallest absolute Gasteiger partial charge is 0.305 e. The molecule has 2 heterocycles. The Hall–Kier alpha value is -0.890. The molecule has 2 saturated heterocycles. The maximum Gasteiger partial charge on any atom is 0.305 e. The van der Waals surface area contributed by atoms with Crippen LogP contribution in [0.3, 0.4) is 0 Å². The Morgan fingerprint density at radius 1 is 0.574 bits per heavy atom. The number of aliphatic hydroxyl groups excluding tert-OH is 5. The van der Waals surface area contributed by atoms with Crippen molar-refractivity contribution in [3.63, 3.8) is 0 Å². The summed E-state index contributed by atoms with van der Waals surface area (Å²) in [5.41, 5.74) is 0. The van der Waals surface area contributed by atoms with Gasteiger partial charge in [-0.3, -0.25) is 4.79 Å². The molecule has 0 amide bonds. The normalized spacial score (nSPS) is 32.0. The lowest BCUT2D eigenvalue weighted by Crippen LogP contribution is -2.63. The van der Waals surface area contributed by atoms with E-state index in [4.69, 9.17) is 18.9 Å². The second-order valence-corrected chi connectivity index (χ2v) is 14.0. The first-order valence-electron chi connectivity index (χ1n) is 18.8. The van der Waals surface area contributed by atoms with E-state index in [0.717, 1.165) is 25.7 Å². The number of carboxylic acids is 1. The molecule has 0 aromatic carbocycles. The Balaban J connectivity index is 1.65. The maximum absolute atomic E-state index is 11.6. The highest BCUT2D eigenvalue weighted by Gasteiger charge is 2.50. The molecule has 0 radical (unpaired) electrons. The average molecular weight is 677 g/mol. The van der Waals surface area contributed by atoms with Gasteiger partial charge in [-0.2, -0.15) is 0 Å². The Kier molecular flexibility index (Phi) is 21.9. The zero-order chi connectivity index (χ0) is 34.6. The summed E-state index contributed by atoms with van der Waals surface area (Å²) in [6, 6.07) is 0. The number of carbonyl (C=O) groups is 1. The van der Waals surface area contributed by atoms with Crippen LogP contribution < -0.4 is 0 Å². The van der Waals surface area contributed by atoms with Gasteiger partial charge in [0.2, 0.25) is 0 Å². The van der Waals surface area contributed by atoms with Gasteiger partial charge in [-0.1, -0.05) is 129 Å². The van der Waals surface area contributed by atoms with Crippen LogP contribution in [0.2, 0.25) is 0 Å². The molecule has 2 fully saturated rings. The highest BCUT2D eigenvalue weighted by Crippen LogP contribution is 2.31. The summed E-state index contributed by atoms with van der Waals surface area (Å²) >= 11 is 0. The van der Waals surface area contributed by atoms with Gasteiger partial charge >= 0.3 is 5.97 Å². The van der Waals surface area contributed by atoms with Crippen LogP contribution in [0, 0.1) is 0 Å². The van der Waals surface area contributed by atoms with Crippen LogP contribution in [-0.2, 0) is 23.7 Å². The number of carboxylic acid groups (broad SMARTS) is 1. The van der Waals surface area contributed by atoms with Crippen LogP contribution in [-0.4, -0.2) is 104 Å². The minimum atomic E-state index is -1.63. The van der Waals surface area contributed by atoms with Gasteiger partial charge < -0.3 is 49.6 Å². The number of hydrogen-bond donors (Lipinski definition) is 6. The quantitative estimate of drug-likeness (QED) is 0.0652. The van der Waals surface area contributed by atoms with Crippen LogP contribution in [0.4, 0.5) is 0 Å². The number of rotatable bonds is 26. The fourth-order valence-electron chi connectivity index (χ4n) is 6.59. The minimum Gasteiger partial charge on any atom is -0.481 e. The molecule has 47 heavy (non-hydrogen) atoms. The van der Waals surface area contributed by atoms with Crippen molar-refractivity contribution < 1.29 is 54.4 Å². The van der Waals surface area contributed by atoms with E-state index in [1.165, 1.54) is 103 Å². The van der Waals surface area contributed by atoms with Gasteiger partial charge in [-0.05, 0) is 20.3 Å². The molecule has 11 nitrogen and oxygen atoms in total. The van der Waals surface area contributed by atoms with Gasteiger partial charge in [0.05, 0.1) is 24.7 Å². The van der Waals surface area contributed by atoms with Crippen molar-refractivity contribution in [3.05, 3.63) is 0 Å². The molecule has 278 valence electrons. The number of aliphatic carboxylic acids is 1. The predicted octanol–water partition coefficient (Wildman–Crippen LogP) is 5.35. The molecule has 0 aliphatic carbocycles. The van der Waals surface area contributed by atoms with Crippen molar-refractivity contribution in [3.8, 4) is 0 Å². The van der Waals surface area contributed by atoms with Crippen LogP contribution in [0.25, 0.3) is 0 Å². The van der Waals surface area contributed by atoms with E-state index in [1.54, 1.807) is 6.92 Å². The molecule has 0 spiro atoms. The van der Waals surface area contributed by atoms with E-state index in [2.05, 4.69) is 6.92 Å². The molecule has 11 heteroatoms. The number of unbranched alkanes of at least 4 members (excludes halogenated alkanes) is 18. The fourth-order valence-corrected chi connectivity index (χ4v) is 6.59. The van der Waals surface area contributed by atoms with E-state index < -0.39 is 73.5 Å². The zero-order valence-electron chi connectivity index (χ0n) is 29.4. The SMILES string of the molecule is CCCCCCCCCCCCCCCCCCCCCC(CC(=O)O)O[C@@H]1OC(C)[C@H](O)[C@H](O)C1O[C@@H]1OC(C)[C@H](O)[C@H](O)C1O. The van der Waals surface area contributed by atoms with Crippen molar-refractivity contribution in [2.24, 2.45) is 0 Å². The molecule has 0 saturated carbocycles. The first kappa shape index (κ1) is 42.3. The van der Waals surface area contributed by atoms with E-state index >= 15 is 0 Å². The number of ether oxygens (including phenoxy) is 4. The first-order chi connectivity index (χ1) is 22.6. The van der Waals surface area contributed by atoms with Crippen molar-refractivity contribution in [1.29, 1.82) is 0 Å². The third-order valence-corrected chi connectivity index (χ3v) is 9.74. The van der Waals surface area contributed by atoms with Crippen molar-refractivity contribution in [2.75, 3.05) is 0 Å². The third kappa shape index (κ3) is 16.1. The van der Waals surface area contributed by atoms with E-state index in [9.17, 15) is 35.4 Å². The van der Waals surface area contributed by atoms with E-state index in [1.807, 2.05) is 0 Å². The monoisotopic (exact) mass is 676 g/mol. The molecule has 5 unspecified atom stereocenters. The lowest BCUT2D eigenvalue weighted by atomic mass is 9.97. The Morgan fingerprint density at radius 2 is 0.979 bits per heavy atom. The van der Waals surface area contributed by atoms with Gasteiger partial charge in [-0.15, -0.1) is 0 Å². The molecule has 6 N–H and O–H groups in total. The summed E-state index contributed by atoms with van der Waals surface area (Å²) in [6.07, 6.45) is 10.5. The standard InChI is InChI=1S/C36H68O11/c1-4-5-6-7-8-9-10-11-12-13-14-15-16-17-18-19-20-21-22-23-27(24-28(37)38)46-36-34(32(42)30(40)26(3)45-36)47-35-33(43)31(41)29(39)25(2)44-35/h25-27,29-36,39-43H,4-24H2,1-3H3,(H,37,38)/t25?,26?,27?,29-,30-,31-,32-,33?,34?,35-,36-/m0/s1. The molecule has 11 atom stereocenters. The van der Waals surface area contributed by atoms with Gasteiger partial charge in [0.25, 0.3) is 0 Å². The summed E-state index contributed by atoms with van der Waals surface area (Å²) in [4.78, 5) is 11.6. The fraction of sp³-hybridized carbons (Fsp3) is 0.972. The van der Waals surface area contributed by atoms with E-state index in [-0.39, 0.29) is 6.42 Å². The number of hydrogen-bond acceptors (Lipinski definition) is 10. The van der Waals surface area contributed by atoms with Crippen molar-refractivity contribution in [1.82, 2.24) is 0 Å². The van der Waals surface area contributed by atoms with Crippen LogP contribution in [0.5, 0.6) is 0 Å². The lowest BCUT2D eigenvalue weighted by molar-refractivity contribution is -0.366. The molecule has 2 aliphatic rings. The lowest BCUT2D eigenvalue weighted by Gasteiger charge is -2.46. The summed E-state index contributed by atoms with van der Waals surface area (Å²) in [5.74, 6) is -1.04. The van der Waals surface area contributed by atoms with Crippen LogP contribution >= 0.6 is 0 Å². The molecular formula is C36H68O11. The molecule has 0 aromatic rings. The molecular weight excluding hydrogens is 608 g/mol. The van der Waals surface area contributed by atoms with Gasteiger partial charge in [0.15, 0.2) is 12.6 Å². The Labute approximate surface area is 283 Å². The van der Waals surface area contributed by atoms with E-state index in [0.29, 0.717) is 6.42 Å². The zero-order valence-corrected chi connectivity index (χ0v) is 29.4. The average Bonchev–Trinajstić information content (AvgIpc) is 3.03.